The lowest BCUT2D eigenvalue weighted by atomic mass is 9.92. The molecule has 0 radical (unpaired) electrons. The Labute approximate surface area is 120 Å². The van der Waals surface area contributed by atoms with Gasteiger partial charge in [0.25, 0.3) is 0 Å². The lowest BCUT2D eigenvalue weighted by Gasteiger charge is -2.17. The summed E-state index contributed by atoms with van der Waals surface area (Å²) in [5.41, 5.74) is 9.54. The minimum absolute atomic E-state index is 0.279. The van der Waals surface area contributed by atoms with Crippen molar-refractivity contribution < 1.29 is 5.11 Å². The number of rotatable bonds is 5. The van der Waals surface area contributed by atoms with Crippen molar-refractivity contribution in [3.63, 3.8) is 0 Å². The van der Waals surface area contributed by atoms with Gasteiger partial charge in [-0.1, -0.05) is 24.3 Å². The fraction of sp³-hybridized carbons (Fsp3) is 0.294. The van der Waals surface area contributed by atoms with Crippen LogP contribution < -0.4 is 10.6 Å². The Bertz CT molecular complexity index is 532. The number of nitrogens with zero attached hydrogens (tertiary/aromatic N) is 1. The summed E-state index contributed by atoms with van der Waals surface area (Å²) in [6, 6.07) is 15.9. The van der Waals surface area contributed by atoms with E-state index >= 15 is 0 Å². The summed E-state index contributed by atoms with van der Waals surface area (Å²) in [5.74, 6) is 0.570. The molecule has 2 aromatic carbocycles. The number of phenolic OH excluding ortho intramolecular Hbond substituents is 1. The van der Waals surface area contributed by atoms with Crippen LogP contribution in [0.2, 0.25) is 0 Å². The molecule has 0 aliphatic heterocycles. The van der Waals surface area contributed by atoms with E-state index in [0.717, 1.165) is 6.42 Å². The van der Waals surface area contributed by atoms with Crippen LogP contribution in [-0.4, -0.2) is 25.7 Å². The van der Waals surface area contributed by atoms with Crippen molar-refractivity contribution in [3.05, 3.63) is 59.7 Å². The first kappa shape index (κ1) is 14.4. The molecule has 0 spiro atoms. The first-order valence-electron chi connectivity index (χ1n) is 6.85. The fourth-order valence-corrected chi connectivity index (χ4v) is 2.30. The van der Waals surface area contributed by atoms with Gasteiger partial charge >= 0.3 is 0 Å². The second-order valence-electron chi connectivity index (χ2n) is 5.29. The van der Waals surface area contributed by atoms with E-state index in [1.54, 1.807) is 12.1 Å². The standard InChI is InChI=1S/C17H22N2O/c1-19(2)16-7-3-13(4-8-16)11-15(12-18)14-5-9-17(20)10-6-14/h3-10,15,20H,11-12,18H2,1-2H3. The van der Waals surface area contributed by atoms with E-state index in [1.165, 1.54) is 16.8 Å². The summed E-state index contributed by atoms with van der Waals surface area (Å²) in [7, 11) is 4.07. The van der Waals surface area contributed by atoms with E-state index in [2.05, 4.69) is 29.2 Å². The van der Waals surface area contributed by atoms with Gasteiger partial charge in [0.15, 0.2) is 0 Å². The predicted octanol–water partition coefficient (Wildman–Crippen LogP) is 2.74. The Balaban J connectivity index is 2.11. The maximum atomic E-state index is 9.35. The Morgan fingerprint density at radius 1 is 1.00 bits per heavy atom. The van der Waals surface area contributed by atoms with Gasteiger partial charge in [-0.05, 0) is 48.4 Å². The first-order chi connectivity index (χ1) is 9.60. The molecule has 0 bridgehead atoms. The molecule has 0 aliphatic carbocycles. The summed E-state index contributed by atoms with van der Waals surface area (Å²) < 4.78 is 0. The molecule has 3 N–H and O–H groups in total. The highest BCUT2D eigenvalue weighted by Gasteiger charge is 2.11. The van der Waals surface area contributed by atoms with E-state index in [0.29, 0.717) is 12.3 Å². The van der Waals surface area contributed by atoms with Gasteiger partial charge in [-0.15, -0.1) is 0 Å². The highest BCUT2D eigenvalue weighted by Crippen LogP contribution is 2.23. The number of hydrogen-bond donors (Lipinski definition) is 2. The SMILES string of the molecule is CN(C)c1ccc(CC(CN)c2ccc(O)cc2)cc1. The molecule has 20 heavy (non-hydrogen) atoms. The molecule has 3 nitrogen and oxygen atoms in total. The lowest BCUT2D eigenvalue weighted by molar-refractivity contribution is 0.475. The molecule has 0 saturated heterocycles. The van der Waals surface area contributed by atoms with Crippen molar-refractivity contribution in [2.45, 2.75) is 12.3 Å². The number of nitrogens with two attached hydrogens (primary N) is 1. The third kappa shape index (κ3) is 3.52. The topological polar surface area (TPSA) is 49.5 Å². The quantitative estimate of drug-likeness (QED) is 0.878. The van der Waals surface area contributed by atoms with Gasteiger partial charge in [0.1, 0.15) is 5.75 Å². The van der Waals surface area contributed by atoms with Crippen LogP contribution in [0.25, 0.3) is 0 Å². The van der Waals surface area contributed by atoms with Crippen LogP contribution in [0.4, 0.5) is 5.69 Å². The average Bonchev–Trinajstić information content (AvgIpc) is 2.46. The second kappa shape index (κ2) is 6.44. The van der Waals surface area contributed by atoms with Crippen molar-refractivity contribution in [1.82, 2.24) is 0 Å². The summed E-state index contributed by atoms with van der Waals surface area (Å²) in [5, 5.41) is 9.35. The summed E-state index contributed by atoms with van der Waals surface area (Å²) >= 11 is 0. The van der Waals surface area contributed by atoms with Gasteiger partial charge in [0.05, 0.1) is 0 Å². The van der Waals surface area contributed by atoms with Gasteiger partial charge in [-0.2, -0.15) is 0 Å². The molecule has 2 rings (SSSR count). The minimum Gasteiger partial charge on any atom is -0.508 e. The minimum atomic E-state index is 0.279. The van der Waals surface area contributed by atoms with Gasteiger partial charge in [-0.3, -0.25) is 0 Å². The average molecular weight is 270 g/mol. The van der Waals surface area contributed by atoms with E-state index in [4.69, 9.17) is 5.73 Å². The van der Waals surface area contributed by atoms with E-state index in [1.807, 2.05) is 26.2 Å². The maximum absolute atomic E-state index is 9.35. The van der Waals surface area contributed by atoms with Gasteiger partial charge in [-0.25, -0.2) is 0 Å². The van der Waals surface area contributed by atoms with Gasteiger partial charge in [0.2, 0.25) is 0 Å². The molecule has 2 aromatic rings. The van der Waals surface area contributed by atoms with E-state index < -0.39 is 0 Å². The summed E-state index contributed by atoms with van der Waals surface area (Å²) in [6.45, 7) is 0.597. The lowest BCUT2D eigenvalue weighted by Crippen LogP contribution is -2.15. The number of phenols is 1. The van der Waals surface area contributed by atoms with E-state index in [9.17, 15) is 5.11 Å². The van der Waals surface area contributed by atoms with Crippen LogP contribution in [0.5, 0.6) is 5.75 Å². The molecule has 106 valence electrons. The molecule has 0 aliphatic rings. The van der Waals surface area contributed by atoms with Gasteiger partial charge in [0, 0.05) is 25.7 Å². The Kier molecular flexibility index (Phi) is 4.64. The van der Waals surface area contributed by atoms with Crippen molar-refractivity contribution in [2.24, 2.45) is 5.73 Å². The Hall–Kier alpha value is -2.00. The molecule has 1 atom stereocenters. The zero-order chi connectivity index (χ0) is 14.5. The Morgan fingerprint density at radius 2 is 1.60 bits per heavy atom. The summed E-state index contributed by atoms with van der Waals surface area (Å²) in [6.07, 6.45) is 0.912. The number of hydrogen-bond acceptors (Lipinski definition) is 3. The molecule has 0 saturated carbocycles. The molecule has 0 aromatic heterocycles. The normalized spacial score (nSPS) is 12.2. The highest BCUT2D eigenvalue weighted by molar-refractivity contribution is 5.46. The molecule has 0 fully saturated rings. The maximum Gasteiger partial charge on any atom is 0.115 e. The van der Waals surface area contributed by atoms with Crippen LogP contribution in [-0.2, 0) is 6.42 Å². The van der Waals surface area contributed by atoms with Crippen LogP contribution >= 0.6 is 0 Å². The fourth-order valence-electron chi connectivity index (χ4n) is 2.30. The third-order valence-electron chi connectivity index (χ3n) is 3.58. The first-order valence-corrected chi connectivity index (χ1v) is 6.85. The predicted molar refractivity (Wildman–Crippen MR) is 84.4 cm³/mol. The molecule has 1 unspecified atom stereocenters. The van der Waals surface area contributed by atoms with E-state index in [-0.39, 0.29) is 5.92 Å². The summed E-state index contributed by atoms with van der Waals surface area (Å²) in [4.78, 5) is 2.09. The Morgan fingerprint density at radius 3 is 2.10 bits per heavy atom. The van der Waals surface area contributed by atoms with Crippen LogP contribution in [0.3, 0.4) is 0 Å². The smallest absolute Gasteiger partial charge is 0.115 e. The molecule has 3 heteroatoms. The zero-order valence-corrected chi connectivity index (χ0v) is 12.1. The number of anilines is 1. The molecule has 0 amide bonds. The number of benzene rings is 2. The second-order valence-corrected chi connectivity index (χ2v) is 5.29. The van der Waals surface area contributed by atoms with Crippen molar-refractivity contribution in [3.8, 4) is 5.75 Å². The zero-order valence-electron chi connectivity index (χ0n) is 12.1. The molecule has 0 heterocycles. The monoisotopic (exact) mass is 270 g/mol. The van der Waals surface area contributed by atoms with Crippen molar-refractivity contribution in [2.75, 3.05) is 25.5 Å². The van der Waals surface area contributed by atoms with Crippen molar-refractivity contribution in [1.29, 1.82) is 0 Å². The van der Waals surface area contributed by atoms with Crippen LogP contribution in [0.15, 0.2) is 48.5 Å². The largest absolute Gasteiger partial charge is 0.508 e. The molecular weight excluding hydrogens is 248 g/mol. The van der Waals surface area contributed by atoms with Crippen LogP contribution in [0.1, 0.15) is 17.0 Å². The number of aromatic hydroxyl groups is 1. The van der Waals surface area contributed by atoms with Crippen LogP contribution in [0, 0.1) is 0 Å². The third-order valence-corrected chi connectivity index (χ3v) is 3.58. The molecular formula is C17H22N2O. The van der Waals surface area contributed by atoms with Gasteiger partial charge < -0.3 is 15.7 Å². The van der Waals surface area contributed by atoms with Crippen molar-refractivity contribution >= 4 is 5.69 Å². The highest BCUT2D eigenvalue weighted by atomic mass is 16.3.